The number of rotatable bonds is 9. The van der Waals surface area contributed by atoms with Crippen molar-refractivity contribution in [2.24, 2.45) is 0 Å². The number of carbonyl (C=O) groups excluding carboxylic acids is 2. The van der Waals surface area contributed by atoms with E-state index in [-0.39, 0.29) is 30.3 Å². The highest BCUT2D eigenvalue weighted by Gasteiger charge is 2.20. The molecule has 0 radical (unpaired) electrons. The molecule has 0 aromatic heterocycles. The molecule has 2 aromatic rings. The molecule has 4 N–H and O–H groups in total. The fourth-order valence-corrected chi connectivity index (χ4v) is 3.08. The van der Waals surface area contributed by atoms with Crippen LogP contribution in [0.15, 0.2) is 54.6 Å². The molecule has 0 aliphatic carbocycles. The summed E-state index contributed by atoms with van der Waals surface area (Å²) in [4.78, 5) is 24.4. The maximum absolute atomic E-state index is 12.3. The number of likely N-dealkylation sites (N-methyl/N-ethyl adjacent to an activating group) is 1. The van der Waals surface area contributed by atoms with Crippen molar-refractivity contribution >= 4 is 27.8 Å². The Balaban J connectivity index is 1.97. The lowest BCUT2D eigenvalue weighted by atomic mass is 10.0. The Labute approximate surface area is 164 Å². The monoisotopic (exact) mass is 405 g/mol. The molecular weight excluding hydrogens is 382 g/mol. The summed E-state index contributed by atoms with van der Waals surface area (Å²) in [7, 11) is -2.86. The summed E-state index contributed by atoms with van der Waals surface area (Å²) in [5.74, 6) is -0.560. The molecular formula is C19H23N3O5S. The first-order chi connectivity index (χ1) is 13.3. The molecule has 0 spiro atoms. The normalized spacial score (nSPS) is 12.1. The molecule has 150 valence electrons. The van der Waals surface area contributed by atoms with Crippen molar-refractivity contribution in [3.8, 4) is 0 Å². The summed E-state index contributed by atoms with van der Waals surface area (Å²) in [5, 5.41) is 5.27. The maximum atomic E-state index is 12.3. The van der Waals surface area contributed by atoms with Gasteiger partial charge in [0.1, 0.15) is 6.04 Å². The van der Waals surface area contributed by atoms with Gasteiger partial charge in [0, 0.05) is 19.9 Å². The molecule has 2 rings (SSSR count). The lowest BCUT2D eigenvalue weighted by Crippen LogP contribution is -2.47. The molecule has 2 aromatic carbocycles. The first kappa shape index (κ1) is 21.4. The van der Waals surface area contributed by atoms with Crippen molar-refractivity contribution < 1.29 is 22.6 Å². The van der Waals surface area contributed by atoms with Gasteiger partial charge in [0.15, 0.2) is 0 Å². The summed E-state index contributed by atoms with van der Waals surface area (Å²) in [6.07, 6.45) is 1.07. The third-order valence-corrected chi connectivity index (χ3v) is 4.52. The molecule has 0 saturated heterocycles. The second kappa shape index (κ2) is 9.86. The highest BCUT2D eigenvalue weighted by atomic mass is 32.2. The molecule has 8 nitrogen and oxygen atoms in total. The van der Waals surface area contributed by atoms with Crippen LogP contribution in [0.25, 0.3) is 0 Å². The second-order valence-corrected chi connectivity index (χ2v) is 7.35. The molecule has 28 heavy (non-hydrogen) atoms. The van der Waals surface area contributed by atoms with Gasteiger partial charge in [-0.15, -0.1) is 0 Å². The number of hydrogen-bond donors (Lipinski definition) is 4. The minimum atomic E-state index is -4.35. The van der Waals surface area contributed by atoms with Crippen molar-refractivity contribution in [1.29, 1.82) is 0 Å². The Hall–Kier alpha value is -2.91. The van der Waals surface area contributed by atoms with Crippen LogP contribution in [0, 0.1) is 0 Å². The van der Waals surface area contributed by atoms with Gasteiger partial charge in [-0.3, -0.25) is 18.9 Å². The predicted octanol–water partition coefficient (Wildman–Crippen LogP) is 1.31. The summed E-state index contributed by atoms with van der Waals surface area (Å²) in [6, 6.07) is 15.0. The van der Waals surface area contributed by atoms with E-state index in [1.165, 1.54) is 19.2 Å². The van der Waals surface area contributed by atoms with Gasteiger partial charge in [-0.2, -0.15) is 8.42 Å². The maximum Gasteiger partial charge on any atom is 0.357 e. The lowest BCUT2D eigenvalue weighted by Gasteiger charge is -2.18. The van der Waals surface area contributed by atoms with Gasteiger partial charge in [0.25, 0.3) is 0 Å². The molecule has 0 fully saturated rings. The van der Waals surface area contributed by atoms with Crippen LogP contribution in [0.2, 0.25) is 0 Å². The van der Waals surface area contributed by atoms with Gasteiger partial charge in [-0.05, 0) is 29.7 Å². The van der Waals surface area contributed by atoms with Gasteiger partial charge in [0.05, 0.1) is 5.69 Å². The zero-order valence-corrected chi connectivity index (χ0v) is 16.2. The number of carbonyl (C=O) groups is 2. The molecule has 0 bridgehead atoms. The summed E-state index contributed by atoms with van der Waals surface area (Å²) in [6.45, 7) is 0. The first-order valence-corrected chi connectivity index (χ1v) is 10.1. The van der Waals surface area contributed by atoms with Crippen LogP contribution in [0.4, 0.5) is 5.69 Å². The van der Waals surface area contributed by atoms with E-state index < -0.39 is 16.3 Å². The Morgan fingerprint density at radius 1 is 1.00 bits per heavy atom. The number of hydrogen-bond acceptors (Lipinski definition) is 4. The Morgan fingerprint density at radius 3 is 2.21 bits per heavy atom. The largest absolute Gasteiger partial charge is 0.357 e. The van der Waals surface area contributed by atoms with Crippen LogP contribution in [-0.4, -0.2) is 37.9 Å². The van der Waals surface area contributed by atoms with Gasteiger partial charge in [0.2, 0.25) is 11.8 Å². The Morgan fingerprint density at radius 2 is 1.64 bits per heavy atom. The molecule has 1 atom stereocenters. The van der Waals surface area contributed by atoms with Gasteiger partial charge >= 0.3 is 10.3 Å². The number of aryl methyl sites for hydroxylation is 1. The quantitative estimate of drug-likeness (QED) is 0.468. The van der Waals surface area contributed by atoms with Crippen LogP contribution in [0.1, 0.15) is 17.5 Å². The highest BCUT2D eigenvalue weighted by molar-refractivity contribution is 7.87. The number of anilines is 1. The number of amides is 2. The van der Waals surface area contributed by atoms with Gasteiger partial charge in [-0.25, -0.2) is 0 Å². The summed E-state index contributed by atoms with van der Waals surface area (Å²) < 4.78 is 32.4. The fourth-order valence-electron chi connectivity index (χ4n) is 2.65. The third kappa shape index (κ3) is 7.37. The molecule has 0 heterocycles. The Kier molecular flexibility index (Phi) is 7.53. The SMILES string of the molecule is CNC(=O)[C@@H](Cc1ccc(NS(=O)(=O)O)cc1)NC(=O)CCc1ccccc1. The van der Waals surface area contributed by atoms with Crippen molar-refractivity contribution in [1.82, 2.24) is 10.6 Å². The minimum Gasteiger partial charge on any atom is -0.357 e. The van der Waals surface area contributed by atoms with Crippen molar-refractivity contribution in [3.63, 3.8) is 0 Å². The Bertz CT molecular complexity index is 899. The zero-order chi connectivity index (χ0) is 20.6. The van der Waals surface area contributed by atoms with Crippen LogP contribution in [-0.2, 0) is 32.7 Å². The summed E-state index contributed by atoms with van der Waals surface area (Å²) in [5.41, 5.74) is 1.95. The average Bonchev–Trinajstić information content (AvgIpc) is 2.66. The lowest BCUT2D eigenvalue weighted by molar-refractivity contribution is -0.128. The molecule has 0 aliphatic heterocycles. The van der Waals surface area contributed by atoms with E-state index in [2.05, 4.69) is 10.6 Å². The zero-order valence-electron chi connectivity index (χ0n) is 15.4. The first-order valence-electron chi connectivity index (χ1n) is 8.66. The van der Waals surface area contributed by atoms with Crippen LogP contribution in [0.5, 0.6) is 0 Å². The van der Waals surface area contributed by atoms with E-state index in [1.54, 1.807) is 12.1 Å². The van der Waals surface area contributed by atoms with Crippen molar-refractivity contribution in [2.45, 2.75) is 25.3 Å². The van der Waals surface area contributed by atoms with E-state index in [9.17, 15) is 18.0 Å². The van der Waals surface area contributed by atoms with E-state index in [0.717, 1.165) is 11.1 Å². The van der Waals surface area contributed by atoms with Crippen LogP contribution in [0.3, 0.4) is 0 Å². The van der Waals surface area contributed by atoms with Crippen LogP contribution < -0.4 is 15.4 Å². The van der Waals surface area contributed by atoms with E-state index in [1.807, 2.05) is 35.1 Å². The topological polar surface area (TPSA) is 125 Å². The van der Waals surface area contributed by atoms with Crippen molar-refractivity contribution in [2.75, 3.05) is 11.8 Å². The fraction of sp³-hybridized carbons (Fsp3) is 0.263. The second-order valence-electron chi connectivity index (χ2n) is 6.20. The average molecular weight is 405 g/mol. The van der Waals surface area contributed by atoms with E-state index in [4.69, 9.17) is 4.55 Å². The molecule has 0 saturated carbocycles. The predicted molar refractivity (Wildman–Crippen MR) is 106 cm³/mol. The molecule has 2 amide bonds. The minimum absolute atomic E-state index is 0.189. The number of nitrogens with one attached hydrogen (secondary N) is 3. The van der Waals surface area contributed by atoms with Gasteiger partial charge in [-0.1, -0.05) is 42.5 Å². The van der Waals surface area contributed by atoms with Crippen LogP contribution >= 0.6 is 0 Å². The van der Waals surface area contributed by atoms with Gasteiger partial charge < -0.3 is 10.6 Å². The molecule has 0 aliphatic rings. The van der Waals surface area contributed by atoms with Crippen molar-refractivity contribution in [3.05, 3.63) is 65.7 Å². The van der Waals surface area contributed by atoms with E-state index in [0.29, 0.717) is 6.42 Å². The van der Waals surface area contributed by atoms with E-state index >= 15 is 0 Å². The molecule has 0 unspecified atom stereocenters. The summed E-state index contributed by atoms with van der Waals surface area (Å²) >= 11 is 0. The number of benzene rings is 2. The smallest absolute Gasteiger partial charge is 0.357 e. The third-order valence-electron chi connectivity index (χ3n) is 4.02. The molecule has 9 heteroatoms. The standard InChI is InChI=1S/C19H23N3O5S/c1-20-19(24)17(21-18(23)12-9-14-5-3-2-4-6-14)13-15-7-10-16(11-8-15)22-28(25,26)27/h2-8,10-11,17,22H,9,12-13H2,1H3,(H,20,24)(H,21,23)(H,25,26,27)/t17-/m1/s1. The highest BCUT2D eigenvalue weighted by Crippen LogP contribution is 2.13.